The Hall–Kier alpha value is -2.63. The van der Waals surface area contributed by atoms with Crippen LogP contribution < -0.4 is 5.32 Å². The first-order valence-electron chi connectivity index (χ1n) is 10.1. The minimum atomic E-state index is -0.344. The number of fused-ring (bicyclic) bond motifs is 2. The van der Waals surface area contributed by atoms with E-state index in [2.05, 4.69) is 22.4 Å². The van der Waals surface area contributed by atoms with Crippen molar-refractivity contribution < 1.29 is 9.59 Å². The molecular weight excluding hydrogens is 352 g/mol. The SMILES string of the molecule is CC(C)(C)NC(=O)c1nc(C(=O)N2CCc3ccccc3C2)n2c1CCCC2. The van der Waals surface area contributed by atoms with Crippen molar-refractivity contribution in [2.24, 2.45) is 0 Å². The number of hydrogen-bond acceptors (Lipinski definition) is 3. The van der Waals surface area contributed by atoms with Crippen LogP contribution in [0.1, 0.15) is 71.5 Å². The van der Waals surface area contributed by atoms with Crippen molar-refractivity contribution in [3.05, 3.63) is 52.6 Å². The number of rotatable bonds is 2. The topological polar surface area (TPSA) is 67.2 Å². The Labute approximate surface area is 165 Å². The van der Waals surface area contributed by atoms with Crippen molar-refractivity contribution in [1.29, 1.82) is 0 Å². The molecule has 0 saturated carbocycles. The first-order valence-corrected chi connectivity index (χ1v) is 10.1. The summed E-state index contributed by atoms with van der Waals surface area (Å²) in [6.45, 7) is 7.87. The minimum absolute atomic E-state index is 0.0764. The summed E-state index contributed by atoms with van der Waals surface area (Å²) in [5.41, 5.74) is 3.47. The average molecular weight is 380 g/mol. The van der Waals surface area contributed by atoms with Crippen LogP contribution in [-0.4, -0.2) is 38.3 Å². The summed E-state index contributed by atoms with van der Waals surface area (Å²) < 4.78 is 1.98. The average Bonchev–Trinajstić information content (AvgIpc) is 3.05. The van der Waals surface area contributed by atoms with Gasteiger partial charge in [-0.15, -0.1) is 0 Å². The number of nitrogens with zero attached hydrogens (tertiary/aromatic N) is 3. The van der Waals surface area contributed by atoms with Crippen LogP contribution in [0, 0.1) is 0 Å². The molecule has 2 aliphatic heterocycles. The Morgan fingerprint density at radius 3 is 2.54 bits per heavy atom. The molecule has 4 rings (SSSR count). The molecule has 0 bridgehead atoms. The molecule has 1 N–H and O–H groups in total. The van der Waals surface area contributed by atoms with E-state index in [1.165, 1.54) is 11.1 Å². The molecular formula is C22H28N4O2. The summed E-state index contributed by atoms with van der Waals surface area (Å²) >= 11 is 0. The number of amides is 2. The highest BCUT2D eigenvalue weighted by Crippen LogP contribution is 2.25. The van der Waals surface area contributed by atoms with Gasteiger partial charge in [0.25, 0.3) is 11.8 Å². The number of carbonyl (C=O) groups is 2. The van der Waals surface area contributed by atoms with Crippen molar-refractivity contribution in [3.63, 3.8) is 0 Å². The zero-order valence-corrected chi connectivity index (χ0v) is 16.9. The van der Waals surface area contributed by atoms with E-state index in [1.54, 1.807) is 0 Å². The first kappa shape index (κ1) is 18.7. The molecule has 1 aromatic heterocycles. The molecule has 0 fully saturated rings. The summed E-state index contributed by atoms with van der Waals surface area (Å²) in [7, 11) is 0. The molecule has 3 heterocycles. The zero-order valence-electron chi connectivity index (χ0n) is 16.9. The number of imidazole rings is 1. The third kappa shape index (κ3) is 3.55. The van der Waals surface area contributed by atoms with Gasteiger partial charge in [-0.05, 0) is 57.6 Å². The second-order valence-electron chi connectivity index (χ2n) is 8.79. The molecule has 6 nitrogen and oxygen atoms in total. The molecule has 0 atom stereocenters. The molecule has 2 aromatic rings. The lowest BCUT2D eigenvalue weighted by atomic mass is 10.00. The maximum atomic E-state index is 13.3. The number of nitrogens with one attached hydrogen (secondary N) is 1. The molecule has 1 aromatic carbocycles. The van der Waals surface area contributed by atoms with Crippen LogP contribution in [0.2, 0.25) is 0 Å². The highest BCUT2D eigenvalue weighted by atomic mass is 16.2. The van der Waals surface area contributed by atoms with E-state index in [-0.39, 0.29) is 17.4 Å². The Morgan fingerprint density at radius 2 is 1.79 bits per heavy atom. The predicted octanol–water partition coefficient (Wildman–Crippen LogP) is 2.95. The van der Waals surface area contributed by atoms with Crippen LogP contribution in [0.15, 0.2) is 24.3 Å². The fraction of sp³-hybridized carbons (Fsp3) is 0.500. The molecule has 28 heavy (non-hydrogen) atoms. The van der Waals surface area contributed by atoms with Gasteiger partial charge >= 0.3 is 0 Å². The van der Waals surface area contributed by atoms with Gasteiger partial charge in [0.05, 0.1) is 5.69 Å². The summed E-state index contributed by atoms with van der Waals surface area (Å²) in [6.07, 6.45) is 3.67. The monoisotopic (exact) mass is 380 g/mol. The van der Waals surface area contributed by atoms with Crippen LogP contribution in [0.5, 0.6) is 0 Å². The maximum Gasteiger partial charge on any atom is 0.290 e. The lowest BCUT2D eigenvalue weighted by Crippen LogP contribution is -2.41. The van der Waals surface area contributed by atoms with Crippen molar-refractivity contribution in [2.45, 2.75) is 65.1 Å². The van der Waals surface area contributed by atoms with Crippen molar-refractivity contribution in [2.75, 3.05) is 6.54 Å². The van der Waals surface area contributed by atoms with E-state index in [9.17, 15) is 9.59 Å². The highest BCUT2D eigenvalue weighted by molar-refractivity contribution is 5.97. The fourth-order valence-electron chi connectivity index (χ4n) is 4.10. The molecule has 0 spiro atoms. The number of benzene rings is 1. The van der Waals surface area contributed by atoms with Crippen LogP contribution in [-0.2, 0) is 25.9 Å². The predicted molar refractivity (Wildman–Crippen MR) is 107 cm³/mol. The lowest BCUT2D eigenvalue weighted by Gasteiger charge is -2.29. The minimum Gasteiger partial charge on any atom is -0.346 e. The van der Waals surface area contributed by atoms with Gasteiger partial charge in [-0.2, -0.15) is 0 Å². The van der Waals surface area contributed by atoms with Gasteiger partial charge < -0.3 is 14.8 Å². The normalized spacial score (nSPS) is 16.3. The summed E-state index contributed by atoms with van der Waals surface area (Å²) in [6, 6.07) is 8.27. The van der Waals surface area contributed by atoms with Crippen LogP contribution in [0.3, 0.4) is 0 Å². The molecule has 148 valence electrons. The fourth-order valence-corrected chi connectivity index (χ4v) is 4.10. The Morgan fingerprint density at radius 1 is 1.04 bits per heavy atom. The second kappa shape index (κ2) is 7.08. The smallest absolute Gasteiger partial charge is 0.290 e. The molecule has 0 aliphatic carbocycles. The zero-order chi connectivity index (χ0) is 19.9. The number of aromatic nitrogens is 2. The van der Waals surface area contributed by atoms with Gasteiger partial charge in [0, 0.05) is 25.2 Å². The van der Waals surface area contributed by atoms with Crippen LogP contribution in [0.25, 0.3) is 0 Å². The van der Waals surface area contributed by atoms with E-state index in [1.807, 2.05) is 42.4 Å². The quantitative estimate of drug-likeness (QED) is 0.871. The van der Waals surface area contributed by atoms with Gasteiger partial charge in [0.15, 0.2) is 5.82 Å². The Kier molecular flexibility index (Phi) is 4.73. The standard InChI is InChI=1S/C22H28N4O2/c1-22(2,3)24-20(27)18-17-10-6-7-12-26(17)19(23-18)21(28)25-13-11-15-8-4-5-9-16(15)14-25/h4-5,8-9H,6-7,10-14H2,1-3H3,(H,24,27). The van der Waals surface area contributed by atoms with E-state index < -0.39 is 0 Å². The summed E-state index contributed by atoms with van der Waals surface area (Å²) in [5.74, 6) is 0.141. The highest BCUT2D eigenvalue weighted by Gasteiger charge is 2.31. The van der Waals surface area contributed by atoms with Crippen molar-refractivity contribution >= 4 is 11.8 Å². The third-order valence-corrected chi connectivity index (χ3v) is 5.43. The molecule has 2 aliphatic rings. The molecule has 0 radical (unpaired) electrons. The van der Waals surface area contributed by atoms with E-state index in [0.717, 1.165) is 37.9 Å². The van der Waals surface area contributed by atoms with Gasteiger partial charge in [-0.3, -0.25) is 9.59 Å². The molecule has 0 unspecified atom stereocenters. The van der Waals surface area contributed by atoms with Gasteiger partial charge in [0.2, 0.25) is 0 Å². The lowest BCUT2D eigenvalue weighted by molar-refractivity contribution is 0.0716. The molecule has 2 amide bonds. The number of carbonyl (C=O) groups excluding carboxylic acids is 2. The van der Waals surface area contributed by atoms with Gasteiger partial charge in [-0.25, -0.2) is 4.98 Å². The van der Waals surface area contributed by atoms with Crippen molar-refractivity contribution in [1.82, 2.24) is 19.8 Å². The van der Waals surface area contributed by atoms with Crippen LogP contribution >= 0.6 is 0 Å². The summed E-state index contributed by atoms with van der Waals surface area (Å²) in [5, 5.41) is 2.99. The Bertz CT molecular complexity index is 923. The van der Waals surface area contributed by atoms with Crippen LogP contribution in [0.4, 0.5) is 0 Å². The van der Waals surface area contributed by atoms with Crippen molar-refractivity contribution in [3.8, 4) is 0 Å². The molecule has 6 heteroatoms. The third-order valence-electron chi connectivity index (χ3n) is 5.43. The van der Waals surface area contributed by atoms with Gasteiger partial charge in [-0.1, -0.05) is 24.3 Å². The second-order valence-corrected chi connectivity index (χ2v) is 8.79. The van der Waals surface area contributed by atoms with Gasteiger partial charge in [0.1, 0.15) is 5.69 Å². The summed E-state index contributed by atoms with van der Waals surface area (Å²) in [4.78, 5) is 32.5. The van der Waals surface area contributed by atoms with E-state index in [4.69, 9.17) is 0 Å². The van der Waals surface area contributed by atoms with E-state index in [0.29, 0.717) is 24.6 Å². The first-order chi connectivity index (χ1) is 13.3. The van der Waals surface area contributed by atoms with E-state index >= 15 is 0 Å². The number of hydrogen-bond donors (Lipinski definition) is 1. The Balaban J connectivity index is 1.64. The maximum absolute atomic E-state index is 13.3. The largest absolute Gasteiger partial charge is 0.346 e. The molecule has 0 saturated heterocycles.